The van der Waals surface area contributed by atoms with E-state index in [2.05, 4.69) is 221 Å². The fourth-order valence-corrected chi connectivity index (χ4v) is 12.3. The van der Waals surface area contributed by atoms with E-state index in [-0.39, 0.29) is 10.8 Å². The van der Waals surface area contributed by atoms with Gasteiger partial charge in [0.05, 0.1) is 11.4 Å². The smallest absolute Gasteiger partial charge is 0.0540 e. The van der Waals surface area contributed by atoms with Crippen LogP contribution in [0.4, 0.5) is 17.1 Å². The molecule has 9 aromatic rings. The monoisotopic (exact) mass is 813 g/mol. The van der Waals surface area contributed by atoms with Crippen LogP contribution in [-0.2, 0) is 10.8 Å². The zero-order chi connectivity index (χ0) is 41.7. The first kappa shape index (κ1) is 37.1. The number of benzene rings is 8. The molecule has 0 atom stereocenters. The van der Waals surface area contributed by atoms with Crippen LogP contribution in [0, 0.1) is 0 Å². The highest BCUT2D eigenvalue weighted by Crippen LogP contribution is 2.55. The number of hydrogen-bond donors (Lipinski definition) is 0. The second-order valence-corrected chi connectivity index (χ2v) is 19.4. The molecule has 0 amide bonds. The number of para-hydroxylation sites is 2. The number of nitrogens with zero attached hydrogens (tertiary/aromatic N) is 1. The lowest BCUT2D eigenvalue weighted by molar-refractivity contribution is 0.652. The molecular formula is C60H47NS. The summed E-state index contributed by atoms with van der Waals surface area (Å²) in [6, 6.07) is 68.3. The van der Waals surface area contributed by atoms with Crippen LogP contribution in [-0.4, -0.2) is 0 Å². The third-order valence-corrected chi connectivity index (χ3v) is 15.4. The normalized spacial score (nSPS) is 15.6. The summed E-state index contributed by atoms with van der Waals surface area (Å²) in [5, 5.41) is 2.62. The molecule has 12 rings (SSSR count). The van der Waals surface area contributed by atoms with Crippen molar-refractivity contribution in [2.75, 3.05) is 4.90 Å². The molecule has 0 fully saturated rings. The molecule has 0 saturated carbocycles. The molecular weight excluding hydrogens is 767 g/mol. The summed E-state index contributed by atoms with van der Waals surface area (Å²) >= 11 is 1.87. The maximum Gasteiger partial charge on any atom is 0.0540 e. The van der Waals surface area contributed by atoms with E-state index < -0.39 is 0 Å². The van der Waals surface area contributed by atoms with Crippen molar-refractivity contribution in [1.82, 2.24) is 0 Å². The summed E-state index contributed by atoms with van der Waals surface area (Å²) < 4.78 is 2.64. The van der Waals surface area contributed by atoms with E-state index in [9.17, 15) is 0 Å². The van der Waals surface area contributed by atoms with E-state index >= 15 is 0 Å². The molecule has 0 N–H and O–H groups in total. The highest BCUT2D eigenvalue weighted by molar-refractivity contribution is 7.25. The lowest BCUT2D eigenvalue weighted by atomic mass is 9.78. The average molecular weight is 814 g/mol. The summed E-state index contributed by atoms with van der Waals surface area (Å²) in [6.07, 6.45) is 4.59. The topological polar surface area (TPSA) is 3.24 Å². The maximum atomic E-state index is 2.54. The first-order valence-electron chi connectivity index (χ1n) is 22.1. The van der Waals surface area contributed by atoms with Crippen molar-refractivity contribution in [2.24, 2.45) is 0 Å². The standard InChI is InChI=1S/C60H47NS/c1-59(2)51-26-11-6-23-48(51)58-47(24-16-27-52(58)59)45-21-8-13-29-55(45)61(54-28-12-7-19-42(54)40-32-34-57-49(36-40)46-22-9-14-30-56(46)62-57)41-18-15-17-38(35-41)39-31-33-44-43-20-5-10-25-50(43)60(3,4)53(44)37-39/h5-30,32,34-37H,31,33H2,1-4H3. The van der Waals surface area contributed by atoms with Crippen molar-refractivity contribution in [3.05, 3.63) is 221 Å². The SMILES string of the molecule is CC1(C)C2=C(CCC(c3cccc(N(c4ccccc4-c4ccc5sc6ccccc6c5c4)c4ccccc4-c4cccc5c4-c4ccccc4C5(C)C)c3)=C2)c2ccccc21. The fourth-order valence-electron chi connectivity index (χ4n) is 11.2. The van der Waals surface area contributed by atoms with Crippen molar-refractivity contribution in [2.45, 2.75) is 51.4 Å². The molecule has 298 valence electrons. The van der Waals surface area contributed by atoms with Crippen LogP contribution in [0.15, 0.2) is 194 Å². The minimum atomic E-state index is -0.0970. The van der Waals surface area contributed by atoms with Crippen molar-refractivity contribution in [1.29, 1.82) is 0 Å². The number of thiophene rings is 1. The van der Waals surface area contributed by atoms with Crippen LogP contribution in [0.3, 0.4) is 0 Å². The number of rotatable bonds is 6. The van der Waals surface area contributed by atoms with Gasteiger partial charge in [-0.25, -0.2) is 0 Å². The number of fused-ring (bicyclic) bond motifs is 8. The Morgan fingerprint density at radius 2 is 1.05 bits per heavy atom. The predicted molar refractivity (Wildman–Crippen MR) is 266 cm³/mol. The van der Waals surface area contributed by atoms with E-state index in [0.29, 0.717) is 0 Å². The maximum absolute atomic E-state index is 2.54. The third-order valence-electron chi connectivity index (χ3n) is 14.2. The molecule has 3 aliphatic rings. The largest absolute Gasteiger partial charge is 0.309 e. The van der Waals surface area contributed by atoms with Crippen molar-refractivity contribution >= 4 is 59.7 Å². The molecule has 2 heteroatoms. The molecule has 0 unspecified atom stereocenters. The van der Waals surface area contributed by atoms with E-state index in [0.717, 1.165) is 29.9 Å². The van der Waals surface area contributed by atoms with Crippen molar-refractivity contribution < 1.29 is 0 Å². The van der Waals surface area contributed by atoms with E-state index in [4.69, 9.17) is 0 Å². The van der Waals surface area contributed by atoms with E-state index in [1.165, 1.54) is 98.1 Å². The van der Waals surface area contributed by atoms with Crippen LogP contribution in [0.25, 0.3) is 64.7 Å². The van der Waals surface area contributed by atoms with Gasteiger partial charge in [0, 0.05) is 47.8 Å². The van der Waals surface area contributed by atoms with Gasteiger partial charge in [0.1, 0.15) is 0 Å². The molecule has 1 aromatic heterocycles. The minimum Gasteiger partial charge on any atom is -0.309 e. The van der Waals surface area contributed by atoms with Gasteiger partial charge in [0.15, 0.2) is 0 Å². The van der Waals surface area contributed by atoms with Gasteiger partial charge in [-0.15, -0.1) is 11.3 Å². The summed E-state index contributed by atoms with van der Waals surface area (Å²) in [7, 11) is 0. The van der Waals surface area contributed by atoms with Crippen molar-refractivity contribution in [3.8, 4) is 33.4 Å². The Morgan fingerprint density at radius 1 is 0.435 bits per heavy atom. The van der Waals surface area contributed by atoms with Crippen LogP contribution < -0.4 is 4.90 Å². The highest BCUT2D eigenvalue weighted by Gasteiger charge is 2.39. The molecule has 0 aliphatic heterocycles. The molecule has 1 heterocycles. The van der Waals surface area contributed by atoms with Gasteiger partial charge >= 0.3 is 0 Å². The molecule has 0 saturated heterocycles. The molecule has 0 bridgehead atoms. The molecule has 0 radical (unpaired) electrons. The Hall–Kier alpha value is -6.74. The van der Waals surface area contributed by atoms with Gasteiger partial charge in [-0.05, 0) is 122 Å². The zero-order valence-corrected chi connectivity index (χ0v) is 36.5. The molecule has 62 heavy (non-hydrogen) atoms. The molecule has 0 spiro atoms. The summed E-state index contributed by atoms with van der Waals surface area (Å²) in [5.74, 6) is 0. The quantitative estimate of drug-likeness (QED) is 0.162. The van der Waals surface area contributed by atoms with Gasteiger partial charge in [0.2, 0.25) is 0 Å². The second kappa shape index (κ2) is 13.9. The van der Waals surface area contributed by atoms with Gasteiger partial charge in [-0.3, -0.25) is 0 Å². The van der Waals surface area contributed by atoms with Gasteiger partial charge in [0.25, 0.3) is 0 Å². The van der Waals surface area contributed by atoms with Gasteiger partial charge in [-0.1, -0.05) is 173 Å². The molecule has 8 aromatic carbocycles. The lowest BCUT2D eigenvalue weighted by Gasteiger charge is -2.31. The first-order valence-corrected chi connectivity index (χ1v) is 22.9. The van der Waals surface area contributed by atoms with Gasteiger partial charge < -0.3 is 4.90 Å². The van der Waals surface area contributed by atoms with Crippen LogP contribution in [0.2, 0.25) is 0 Å². The Labute approximate surface area is 369 Å². The molecule has 3 aliphatic carbocycles. The zero-order valence-electron chi connectivity index (χ0n) is 35.7. The fraction of sp³-hybridized carbons (Fsp3) is 0.133. The number of hydrogen-bond acceptors (Lipinski definition) is 2. The predicted octanol–water partition coefficient (Wildman–Crippen LogP) is 17.1. The van der Waals surface area contributed by atoms with E-state index in [1.54, 1.807) is 0 Å². The Bertz CT molecular complexity index is 3370. The Morgan fingerprint density at radius 3 is 1.87 bits per heavy atom. The summed E-state index contributed by atoms with van der Waals surface area (Å²) in [6.45, 7) is 9.55. The van der Waals surface area contributed by atoms with Gasteiger partial charge in [-0.2, -0.15) is 0 Å². The first-order chi connectivity index (χ1) is 30.3. The number of anilines is 3. The summed E-state index contributed by atoms with van der Waals surface area (Å²) in [5.41, 5.74) is 22.2. The Kier molecular flexibility index (Phi) is 8.30. The highest BCUT2D eigenvalue weighted by atomic mass is 32.1. The van der Waals surface area contributed by atoms with Crippen LogP contribution in [0.5, 0.6) is 0 Å². The average Bonchev–Trinajstić information content (AvgIpc) is 3.89. The lowest BCUT2D eigenvalue weighted by Crippen LogP contribution is -2.17. The van der Waals surface area contributed by atoms with Crippen LogP contribution in [0.1, 0.15) is 68.4 Å². The van der Waals surface area contributed by atoms with E-state index in [1.807, 2.05) is 11.3 Å². The van der Waals surface area contributed by atoms with Crippen molar-refractivity contribution in [3.63, 3.8) is 0 Å². The third kappa shape index (κ3) is 5.52. The second-order valence-electron chi connectivity index (χ2n) is 18.4. The molecule has 1 nitrogen and oxygen atoms in total. The number of allylic oxidation sites excluding steroid dienone is 4. The minimum absolute atomic E-state index is 0.0306. The summed E-state index contributed by atoms with van der Waals surface area (Å²) in [4.78, 5) is 2.54. The Balaban J connectivity index is 1.07. The van der Waals surface area contributed by atoms with Crippen LogP contribution >= 0.6 is 11.3 Å².